The van der Waals surface area contributed by atoms with Crippen molar-refractivity contribution in [1.29, 1.82) is 0 Å². The first-order valence-electron chi connectivity index (χ1n) is 8.48. The van der Waals surface area contributed by atoms with Gasteiger partial charge in [0.1, 0.15) is 0 Å². The molecule has 0 aliphatic rings. The van der Waals surface area contributed by atoms with E-state index in [0.717, 1.165) is 5.56 Å². The molecule has 0 saturated heterocycles. The minimum Gasteiger partial charge on any atom is -0.459 e. The maximum absolute atomic E-state index is 12.7. The third kappa shape index (κ3) is 4.19. The highest BCUT2D eigenvalue weighted by Crippen LogP contribution is 2.23. The van der Waals surface area contributed by atoms with E-state index >= 15 is 0 Å². The van der Waals surface area contributed by atoms with Crippen LogP contribution in [0.15, 0.2) is 77.4 Å². The molecule has 2 N–H and O–H groups in total. The molecule has 2 amide bonds. The molecular weight excluding hydrogens is 328 g/mol. The van der Waals surface area contributed by atoms with Crippen molar-refractivity contribution in [1.82, 2.24) is 0 Å². The number of benzene rings is 2. The SMILES string of the molecule is CCC(C(=O)Nc1cccc(NC(=O)c2ccco2)c1)c1ccccc1. The van der Waals surface area contributed by atoms with Gasteiger partial charge in [0.2, 0.25) is 5.91 Å². The number of hydrogen-bond acceptors (Lipinski definition) is 3. The van der Waals surface area contributed by atoms with Crippen LogP contribution >= 0.6 is 0 Å². The first kappa shape index (κ1) is 17.5. The predicted molar refractivity (Wildman–Crippen MR) is 101 cm³/mol. The van der Waals surface area contributed by atoms with Crippen molar-refractivity contribution < 1.29 is 14.0 Å². The van der Waals surface area contributed by atoms with Crippen LogP contribution in [0.3, 0.4) is 0 Å². The molecule has 0 bridgehead atoms. The maximum Gasteiger partial charge on any atom is 0.291 e. The summed E-state index contributed by atoms with van der Waals surface area (Å²) in [5.74, 6) is -0.408. The minimum atomic E-state index is -0.339. The summed E-state index contributed by atoms with van der Waals surface area (Å²) in [6.45, 7) is 1.98. The highest BCUT2D eigenvalue weighted by molar-refractivity contribution is 6.03. The number of hydrogen-bond donors (Lipinski definition) is 2. The van der Waals surface area contributed by atoms with Crippen LogP contribution in [0.5, 0.6) is 0 Å². The van der Waals surface area contributed by atoms with Gasteiger partial charge in [-0.15, -0.1) is 0 Å². The summed E-state index contributed by atoms with van der Waals surface area (Å²) < 4.78 is 5.08. The number of furan rings is 1. The normalized spacial score (nSPS) is 11.6. The molecule has 3 aromatic rings. The Morgan fingerprint density at radius 3 is 2.31 bits per heavy atom. The number of amides is 2. The minimum absolute atomic E-state index is 0.0757. The van der Waals surface area contributed by atoms with Crippen molar-refractivity contribution in [2.24, 2.45) is 0 Å². The smallest absolute Gasteiger partial charge is 0.291 e. The quantitative estimate of drug-likeness (QED) is 0.680. The maximum atomic E-state index is 12.7. The summed E-state index contributed by atoms with van der Waals surface area (Å²) >= 11 is 0. The van der Waals surface area contributed by atoms with Crippen molar-refractivity contribution in [3.05, 3.63) is 84.3 Å². The zero-order chi connectivity index (χ0) is 18.4. The van der Waals surface area contributed by atoms with Crippen molar-refractivity contribution in [2.75, 3.05) is 10.6 Å². The van der Waals surface area contributed by atoms with Crippen LogP contribution in [-0.4, -0.2) is 11.8 Å². The average Bonchev–Trinajstić information content (AvgIpc) is 3.18. The fourth-order valence-electron chi connectivity index (χ4n) is 2.76. The van der Waals surface area contributed by atoms with Crippen LogP contribution in [0, 0.1) is 0 Å². The van der Waals surface area contributed by atoms with Gasteiger partial charge in [0.15, 0.2) is 5.76 Å². The lowest BCUT2D eigenvalue weighted by Gasteiger charge is -2.16. The zero-order valence-electron chi connectivity index (χ0n) is 14.4. The molecule has 5 heteroatoms. The van der Waals surface area contributed by atoms with Gasteiger partial charge in [0.25, 0.3) is 5.91 Å². The second-order valence-electron chi connectivity index (χ2n) is 5.87. The van der Waals surface area contributed by atoms with Gasteiger partial charge in [-0.2, -0.15) is 0 Å². The van der Waals surface area contributed by atoms with Crippen molar-refractivity contribution in [3.63, 3.8) is 0 Å². The van der Waals surface area contributed by atoms with Gasteiger partial charge in [-0.25, -0.2) is 0 Å². The van der Waals surface area contributed by atoms with E-state index in [9.17, 15) is 9.59 Å². The summed E-state index contributed by atoms with van der Waals surface area (Å²) in [4.78, 5) is 24.7. The molecule has 0 aliphatic carbocycles. The lowest BCUT2D eigenvalue weighted by atomic mass is 9.95. The lowest BCUT2D eigenvalue weighted by molar-refractivity contribution is -0.117. The molecule has 3 rings (SSSR count). The Hall–Kier alpha value is -3.34. The molecule has 0 radical (unpaired) electrons. The Kier molecular flexibility index (Phi) is 5.49. The van der Waals surface area contributed by atoms with Gasteiger partial charge in [-0.1, -0.05) is 43.3 Å². The second-order valence-corrected chi connectivity index (χ2v) is 5.87. The summed E-state index contributed by atoms with van der Waals surface area (Å²) in [6.07, 6.45) is 2.14. The fraction of sp³-hybridized carbons (Fsp3) is 0.143. The van der Waals surface area contributed by atoms with Crippen LogP contribution in [0.2, 0.25) is 0 Å². The van der Waals surface area contributed by atoms with E-state index < -0.39 is 0 Å². The Morgan fingerprint density at radius 1 is 0.923 bits per heavy atom. The largest absolute Gasteiger partial charge is 0.459 e. The highest BCUT2D eigenvalue weighted by Gasteiger charge is 2.18. The summed E-state index contributed by atoms with van der Waals surface area (Å²) in [7, 11) is 0. The highest BCUT2D eigenvalue weighted by atomic mass is 16.3. The van der Waals surface area contributed by atoms with E-state index in [2.05, 4.69) is 10.6 Å². The molecule has 5 nitrogen and oxygen atoms in total. The van der Waals surface area contributed by atoms with Crippen LogP contribution in [0.25, 0.3) is 0 Å². The predicted octanol–water partition coefficient (Wildman–Crippen LogP) is 4.66. The summed E-state index contributed by atoms with van der Waals surface area (Å²) in [5.41, 5.74) is 2.19. The fourth-order valence-corrected chi connectivity index (χ4v) is 2.76. The van der Waals surface area contributed by atoms with Crippen LogP contribution in [0.4, 0.5) is 11.4 Å². The molecule has 26 heavy (non-hydrogen) atoms. The molecule has 1 atom stereocenters. The zero-order valence-corrected chi connectivity index (χ0v) is 14.4. The summed E-state index contributed by atoms with van der Waals surface area (Å²) in [6, 6.07) is 20.0. The Morgan fingerprint density at radius 2 is 1.65 bits per heavy atom. The first-order chi connectivity index (χ1) is 12.7. The molecule has 0 fully saturated rings. The van der Waals surface area contributed by atoms with Crippen molar-refractivity contribution in [2.45, 2.75) is 19.3 Å². The molecule has 0 spiro atoms. The van der Waals surface area contributed by atoms with Crippen molar-refractivity contribution in [3.8, 4) is 0 Å². The van der Waals surface area contributed by atoms with Gasteiger partial charge < -0.3 is 15.1 Å². The number of carbonyl (C=O) groups is 2. The Balaban J connectivity index is 1.70. The second kappa shape index (κ2) is 8.16. The number of anilines is 2. The average molecular weight is 348 g/mol. The van der Waals surface area contributed by atoms with Gasteiger partial charge in [0, 0.05) is 11.4 Å². The van der Waals surface area contributed by atoms with Gasteiger partial charge in [-0.3, -0.25) is 9.59 Å². The van der Waals surface area contributed by atoms with Crippen LogP contribution in [-0.2, 0) is 4.79 Å². The topological polar surface area (TPSA) is 71.3 Å². The number of rotatable bonds is 6. The molecule has 132 valence electrons. The van der Waals surface area contributed by atoms with Gasteiger partial charge in [-0.05, 0) is 42.3 Å². The molecule has 1 heterocycles. The number of carbonyl (C=O) groups excluding carboxylic acids is 2. The van der Waals surface area contributed by atoms with E-state index in [1.165, 1.54) is 6.26 Å². The van der Waals surface area contributed by atoms with Crippen molar-refractivity contribution >= 4 is 23.2 Å². The third-order valence-corrected chi connectivity index (χ3v) is 4.06. The molecule has 1 unspecified atom stereocenters. The van der Waals surface area contributed by atoms with E-state index in [0.29, 0.717) is 17.8 Å². The van der Waals surface area contributed by atoms with Crippen LogP contribution in [0.1, 0.15) is 35.4 Å². The molecule has 0 aliphatic heterocycles. The first-order valence-corrected chi connectivity index (χ1v) is 8.48. The van der Waals surface area contributed by atoms with Crippen LogP contribution < -0.4 is 10.6 Å². The van der Waals surface area contributed by atoms with E-state index in [1.807, 2.05) is 37.3 Å². The molecular formula is C21H20N2O3. The monoisotopic (exact) mass is 348 g/mol. The lowest BCUT2D eigenvalue weighted by Crippen LogP contribution is -2.20. The van der Waals surface area contributed by atoms with Gasteiger partial charge >= 0.3 is 0 Å². The molecule has 0 saturated carbocycles. The third-order valence-electron chi connectivity index (χ3n) is 4.06. The standard InChI is InChI=1S/C21H20N2O3/c1-2-18(15-8-4-3-5-9-15)20(24)22-16-10-6-11-17(14-16)23-21(25)19-12-7-13-26-19/h3-14,18H,2H2,1H3,(H,22,24)(H,23,25). The Bertz CT molecular complexity index is 873. The van der Waals surface area contributed by atoms with E-state index in [4.69, 9.17) is 4.42 Å². The summed E-state index contributed by atoms with van der Waals surface area (Å²) in [5, 5.41) is 5.68. The molecule has 2 aromatic carbocycles. The molecule has 1 aromatic heterocycles. The van der Waals surface area contributed by atoms with E-state index in [-0.39, 0.29) is 23.5 Å². The Labute approximate surface area is 152 Å². The van der Waals surface area contributed by atoms with E-state index in [1.54, 1.807) is 36.4 Å². The van der Waals surface area contributed by atoms with Gasteiger partial charge in [0.05, 0.1) is 12.2 Å². The number of nitrogens with one attached hydrogen (secondary N) is 2.